The molecular weight excluding hydrogens is 262 g/mol. The molecule has 1 aromatic rings. The first kappa shape index (κ1) is 15.9. The molecule has 1 N–H and O–H groups in total. The number of methoxy groups -OCH3 is 1. The molecule has 0 aliphatic rings. The van der Waals surface area contributed by atoms with Crippen molar-refractivity contribution in [2.24, 2.45) is 0 Å². The summed E-state index contributed by atoms with van der Waals surface area (Å²) in [5.74, 6) is -1.05. The monoisotopic (exact) mass is 281 g/mol. The highest BCUT2D eigenvalue weighted by molar-refractivity contribution is 5.80. The molecule has 0 bridgehead atoms. The first-order valence-electron chi connectivity index (χ1n) is 6.14. The first-order valence-corrected chi connectivity index (χ1v) is 6.14. The van der Waals surface area contributed by atoms with E-state index in [1.807, 2.05) is 0 Å². The van der Waals surface area contributed by atoms with Crippen molar-refractivity contribution in [1.29, 1.82) is 0 Å². The Kier molecular flexibility index (Phi) is 6.45. The van der Waals surface area contributed by atoms with E-state index >= 15 is 0 Å². The van der Waals surface area contributed by atoms with Gasteiger partial charge < -0.3 is 19.6 Å². The number of carbonyl (C=O) groups excluding carboxylic acids is 1. The fraction of sp³-hybridized carbons (Fsp3) is 0.462. The van der Waals surface area contributed by atoms with Gasteiger partial charge in [0.2, 0.25) is 0 Å². The van der Waals surface area contributed by atoms with Crippen LogP contribution in [0.5, 0.6) is 0 Å². The Hall–Kier alpha value is -2.15. The third-order valence-electron chi connectivity index (χ3n) is 2.66. The number of nitrogens with zero attached hydrogens (tertiary/aromatic N) is 3. The number of urea groups is 1. The van der Waals surface area contributed by atoms with Gasteiger partial charge in [0.1, 0.15) is 6.54 Å². The maximum absolute atomic E-state index is 12.2. The van der Waals surface area contributed by atoms with Crippen LogP contribution in [-0.2, 0) is 16.1 Å². The molecule has 0 saturated carbocycles. The molecule has 1 aromatic heterocycles. The molecule has 0 aliphatic carbocycles. The Morgan fingerprint density at radius 3 is 2.55 bits per heavy atom. The summed E-state index contributed by atoms with van der Waals surface area (Å²) in [5, 5.41) is 8.84. The standard InChI is InChI=1S/C13H19N3O4/c1-15(9-11-3-5-14-6-4-11)13(19)16(7-8-20-2)10-12(17)18/h3-6H,7-10H2,1-2H3,(H,17,18). The zero-order valence-corrected chi connectivity index (χ0v) is 11.7. The van der Waals surface area contributed by atoms with Crippen molar-refractivity contribution in [2.45, 2.75) is 6.54 Å². The second kappa shape index (κ2) is 8.11. The molecule has 0 aliphatic heterocycles. The van der Waals surface area contributed by atoms with Gasteiger partial charge in [-0.05, 0) is 17.7 Å². The van der Waals surface area contributed by atoms with Crippen molar-refractivity contribution >= 4 is 12.0 Å². The Morgan fingerprint density at radius 1 is 1.35 bits per heavy atom. The van der Waals surface area contributed by atoms with Gasteiger partial charge >= 0.3 is 12.0 Å². The lowest BCUT2D eigenvalue weighted by Crippen LogP contribution is -2.44. The third kappa shape index (κ3) is 5.23. The molecule has 1 heterocycles. The van der Waals surface area contributed by atoms with Gasteiger partial charge in [-0.2, -0.15) is 0 Å². The summed E-state index contributed by atoms with van der Waals surface area (Å²) < 4.78 is 4.89. The Labute approximate surface area is 117 Å². The molecule has 7 heteroatoms. The minimum atomic E-state index is -1.05. The van der Waals surface area contributed by atoms with Crippen molar-refractivity contribution in [2.75, 3.05) is 33.9 Å². The second-order valence-corrected chi connectivity index (χ2v) is 4.30. The van der Waals surface area contributed by atoms with Crippen LogP contribution in [0.25, 0.3) is 0 Å². The number of pyridine rings is 1. The topological polar surface area (TPSA) is 83.0 Å². The summed E-state index contributed by atoms with van der Waals surface area (Å²) in [4.78, 5) is 29.6. The van der Waals surface area contributed by atoms with Crippen LogP contribution < -0.4 is 0 Å². The molecule has 0 spiro atoms. The van der Waals surface area contributed by atoms with Crippen molar-refractivity contribution < 1.29 is 19.4 Å². The lowest BCUT2D eigenvalue weighted by Gasteiger charge is -2.26. The molecule has 0 atom stereocenters. The highest BCUT2D eigenvalue weighted by Crippen LogP contribution is 2.05. The van der Waals surface area contributed by atoms with E-state index in [4.69, 9.17) is 9.84 Å². The SMILES string of the molecule is COCCN(CC(=O)O)C(=O)N(C)Cc1ccncc1. The fourth-order valence-electron chi connectivity index (χ4n) is 1.68. The van der Waals surface area contributed by atoms with Crippen molar-refractivity contribution in [3.8, 4) is 0 Å². The summed E-state index contributed by atoms with van der Waals surface area (Å²) in [6.07, 6.45) is 3.29. The summed E-state index contributed by atoms with van der Waals surface area (Å²) in [6, 6.07) is 3.27. The third-order valence-corrected chi connectivity index (χ3v) is 2.66. The smallest absolute Gasteiger partial charge is 0.323 e. The van der Waals surface area contributed by atoms with Crippen molar-refractivity contribution in [3.05, 3.63) is 30.1 Å². The van der Waals surface area contributed by atoms with Gasteiger partial charge in [-0.3, -0.25) is 9.78 Å². The number of carboxylic acids is 1. The van der Waals surface area contributed by atoms with Crippen LogP contribution in [0.4, 0.5) is 4.79 Å². The normalized spacial score (nSPS) is 10.1. The summed E-state index contributed by atoms with van der Waals surface area (Å²) >= 11 is 0. The van der Waals surface area contributed by atoms with Gasteiger partial charge in [0, 0.05) is 39.6 Å². The minimum absolute atomic E-state index is 0.238. The van der Waals surface area contributed by atoms with Crippen LogP contribution in [0.15, 0.2) is 24.5 Å². The number of carbonyl (C=O) groups is 2. The van der Waals surface area contributed by atoms with Gasteiger partial charge in [0.15, 0.2) is 0 Å². The van der Waals surface area contributed by atoms with E-state index in [0.29, 0.717) is 13.2 Å². The summed E-state index contributed by atoms with van der Waals surface area (Å²) in [7, 11) is 3.13. The van der Waals surface area contributed by atoms with Crippen LogP contribution in [-0.4, -0.2) is 65.7 Å². The molecule has 0 aromatic carbocycles. The zero-order chi connectivity index (χ0) is 15.0. The highest BCUT2D eigenvalue weighted by Gasteiger charge is 2.20. The Balaban J connectivity index is 2.64. The molecule has 0 fully saturated rings. The largest absolute Gasteiger partial charge is 0.480 e. The van der Waals surface area contributed by atoms with Crippen LogP contribution in [0.2, 0.25) is 0 Å². The Morgan fingerprint density at radius 2 is 2.00 bits per heavy atom. The molecule has 2 amide bonds. The average molecular weight is 281 g/mol. The predicted molar refractivity (Wildman–Crippen MR) is 72.2 cm³/mol. The van der Waals surface area contributed by atoms with E-state index in [1.165, 1.54) is 16.9 Å². The predicted octanol–water partition coefficient (Wildman–Crippen LogP) is 0.666. The van der Waals surface area contributed by atoms with Gasteiger partial charge in [0.05, 0.1) is 6.61 Å². The van der Waals surface area contributed by atoms with E-state index in [9.17, 15) is 9.59 Å². The van der Waals surface area contributed by atoms with Gasteiger partial charge in [-0.15, -0.1) is 0 Å². The van der Waals surface area contributed by atoms with E-state index in [2.05, 4.69) is 4.98 Å². The summed E-state index contributed by atoms with van der Waals surface area (Å²) in [5.41, 5.74) is 0.929. The molecular formula is C13H19N3O4. The Bertz CT molecular complexity index is 439. The number of carboxylic acid groups (broad SMARTS) is 1. The van der Waals surface area contributed by atoms with E-state index < -0.39 is 5.97 Å². The molecule has 20 heavy (non-hydrogen) atoms. The molecule has 1 rings (SSSR count). The number of ether oxygens (including phenoxy) is 1. The molecule has 0 saturated heterocycles. The number of hydrogen-bond acceptors (Lipinski definition) is 4. The first-order chi connectivity index (χ1) is 9.54. The van der Waals surface area contributed by atoms with Crippen LogP contribution >= 0.6 is 0 Å². The summed E-state index contributed by atoms with van der Waals surface area (Å²) in [6.45, 7) is 0.581. The van der Waals surface area contributed by atoms with Gasteiger partial charge in [0.25, 0.3) is 0 Å². The van der Waals surface area contributed by atoms with Crippen molar-refractivity contribution in [1.82, 2.24) is 14.8 Å². The molecule has 7 nitrogen and oxygen atoms in total. The number of hydrogen-bond donors (Lipinski definition) is 1. The number of aromatic nitrogens is 1. The van der Waals surface area contributed by atoms with E-state index in [-0.39, 0.29) is 19.1 Å². The van der Waals surface area contributed by atoms with Crippen LogP contribution in [0.3, 0.4) is 0 Å². The minimum Gasteiger partial charge on any atom is -0.480 e. The maximum atomic E-state index is 12.2. The number of rotatable bonds is 7. The quantitative estimate of drug-likeness (QED) is 0.794. The lowest BCUT2D eigenvalue weighted by atomic mass is 10.2. The molecule has 110 valence electrons. The molecule has 0 unspecified atom stereocenters. The molecule has 0 radical (unpaired) electrons. The lowest BCUT2D eigenvalue weighted by molar-refractivity contribution is -0.137. The van der Waals surface area contributed by atoms with Gasteiger partial charge in [-0.25, -0.2) is 4.79 Å². The maximum Gasteiger partial charge on any atom is 0.323 e. The number of aliphatic carboxylic acids is 1. The number of amides is 2. The van der Waals surface area contributed by atoms with Crippen molar-refractivity contribution in [3.63, 3.8) is 0 Å². The van der Waals surface area contributed by atoms with Gasteiger partial charge in [-0.1, -0.05) is 0 Å². The fourth-order valence-corrected chi connectivity index (χ4v) is 1.68. The van der Waals surface area contributed by atoms with Crippen LogP contribution in [0.1, 0.15) is 5.56 Å². The average Bonchev–Trinajstić information content (AvgIpc) is 2.43. The van der Waals surface area contributed by atoms with E-state index in [0.717, 1.165) is 5.56 Å². The van der Waals surface area contributed by atoms with Crippen LogP contribution in [0, 0.1) is 0 Å². The van der Waals surface area contributed by atoms with E-state index in [1.54, 1.807) is 31.6 Å². The second-order valence-electron chi connectivity index (χ2n) is 4.30. The highest BCUT2D eigenvalue weighted by atomic mass is 16.5. The zero-order valence-electron chi connectivity index (χ0n) is 11.7.